The van der Waals surface area contributed by atoms with E-state index in [-0.39, 0.29) is 12.0 Å². The summed E-state index contributed by atoms with van der Waals surface area (Å²) < 4.78 is 7.04. The van der Waals surface area contributed by atoms with Gasteiger partial charge in [0, 0.05) is 31.7 Å². The van der Waals surface area contributed by atoms with E-state index in [1.165, 1.54) is 0 Å². The van der Waals surface area contributed by atoms with Gasteiger partial charge in [0.15, 0.2) is 0 Å². The van der Waals surface area contributed by atoms with Crippen LogP contribution in [0.3, 0.4) is 0 Å². The summed E-state index contributed by atoms with van der Waals surface area (Å²) in [6, 6.07) is 7.32. The lowest BCUT2D eigenvalue weighted by molar-refractivity contribution is 0.0535. The maximum atomic E-state index is 12.8. The van der Waals surface area contributed by atoms with Gasteiger partial charge >= 0.3 is 6.09 Å². The Morgan fingerprint density at radius 1 is 1.07 bits per heavy atom. The van der Waals surface area contributed by atoms with Crippen LogP contribution in [0.1, 0.15) is 35.6 Å². The van der Waals surface area contributed by atoms with Crippen molar-refractivity contribution in [2.24, 2.45) is 5.92 Å². The molecule has 0 radical (unpaired) electrons. The molecule has 0 unspecified atom stereocenters. The van der Waals surface area contributed by atoms with Gasteiger partial charge in [-0.15, -0.1) is 0 Å². The van der Waals surface area contributed by atoms with Crippen molar-refractivity contribution in [3.8, 4) is 5.69 Å². The first-order valence-electron chi connectivity index (χ1n) is 9.81. The van der Waals surface area contributed by atoms with Crippen LogP contribution >= 0.6 is 11.6 Å². The van der Waals surface area contributed by atoms with Crippen LogP contribution in [0.15, 0.2) is 24.3 Å². The van der Waals surface area contributed by atoms with Gasteiger partial charge in [0.1, 0.15) is 0 Å². The molecule has 2 aromatic rings. The third kappa shape index (κ3) is 4.72. The Labute approximate surface area is 176 Å². The summed E-state index contributed by atoms with van der Waals surface area (Å²) in [5.41, 5.74) is 3.10. The molecular formula is C21H27ClN4O3. The molecule has 0 atom stereocenters. The average Bonchev–Trinajstić information content (AvgIpc) is 2.99. The van der Waals surface area contributed by atoms with Crippen LogP contribution in [0.2, 0.25) is 5.02 Å². The number of nitrogens with zero attached hydrogens (tertiary/aromatic N) is 4. The predicted molar refractivity (Wildman–Crippen MR) is 112 cm³/mol. The molecule has 0 bridgehead atoms. The van der Waals surface area contributed by atoms with E-state index in [1.54, 1.807) is 26.6 Å². The minimum atomic E-state index is -0.307. The maximum absolute atomic E-state index is 12.8. The smallest absolute Gasteiger partial charge is 0.409 e. The van der Waals surface area contributed by atoms with Crippen LogP contribution in [-0.4, -0.2) is 64.4 Å². The minimum Gasteiger partial charge on any atom is -0.449 e. The maximum Gasteiger partial charge on any atom is 0.409 e. The number of benzene rings is 1. The summed E-state index contributed by atoms with van der Waals surface area (Å²) in [7, 11) is 0. The van der Waals surface area contributed by atoms with E-state index in [9.17, 15) is 9.59 Å². The first-order chi connectivity index (χ1) is 13.8. The van der Waals surface area contributed by atoms with Crippen molar-refractivity contribution < 1.29 is 14.3 Å². The number of ether oxygens (including phenoxy) is 1. The molecular weight excluding hydrogens is 392 g/mol. The van der Waals surface area contributed by atoms with Crippen LogP contribution < -0.4 is 0 Å². The van der Waals surface area contributed by atoms with Crippen LogP contribution in [0, 0.1) is 19.8 Å². The number of carbonyl (C=O) groups is 2. The van der Waals surface area contributed by atoms with E-state index in [4.69, 9.17) is 16.3 Å². The van der Waals surface area contributed by atoms with Crippen molar-refractivity contribution in [1.82, 2.24) is 19.6 Å². The van der Waals surface area contributed by atoms with Gasteiger partial charge in [0.25, 0.3) is 5.91 Å². The van der Waals surface area contributed by atoms with Gasteiger partial charge in [0.2, 0.25) is 0 Å². The molecule has 1 aromatic carbocycles. The van der Waals surface area contributed by atoms with Crippen molar-refractivity contribution >= 4 is 23.6 Å². The Morgan fingerprint density at radius 3 is 2.17 bits per heavy atom. The lowest BCUT2D eigenvalue weighted by Crippen LogP contribution is -2.50. The second-order valence-electron chi connectivity index (χ2n) is 7.69. The highest BCUT2D eigenvalue weighted by Crippen LogP contribution is 2.22. The Morgan fingerprint density at radius 2 is 1.66 bits per heavy atom. The lowest BCUT2D eigenvalue weighted by Gasteiger charge is -2.34. The van der Waals surface area contributed by atoms with E-state index in [0.29, 0.717) is 49.3 Å². The summed E-state index contributed by atoms with van der Waals surface area (Å²) in [5.74, 6) is 0.258. The van der Waals surface area contributed by atoms with Crippen LogP contribution in [-0.2, 0) is 4.74 Å². The van der Waals surface area contributed by atoms with Gasteiger partial charge in [0.05, 0.1) is 28.7 Å². The molecule has 0 saturated carbocycles. The Kier molecular flexibility index (Phi) is 6.47. The number of carbonyl (C=O) groups excluding carboxylic acids is 2. The fourth-order valence-electron chi connectivity index (χ4n) is 3.22. The van der Waals surface area contributed by atoms with Gasteiger partial charge < -0.3 is 14.5 Å². The zero-order chi connectivity index (χ0) is 21.1. The molecule has 1 fully saturated rings. The average molecular weight is 419 g/mol. The summed E-state index contributed by atoms with van der Waals surface area (Å²) in [6.45, 7) is 10.1. The van der Waals surface area contributed by atoms with Crippen molar-refractivity contribution in [3.05, 3.63) is 46.2 Å². The molecule has 3 rings (SSSR count). The van der Waals surface area contributed by atoms with Crippen molar-refractivity contribution in [2.75, 3.05) is 32.8 Å². The largest absolute Gasteiger partial charge is 0.449 e. The topological polar surface area (TPSA) is 67.7 Å². The highest BCUT2D eigenvalue weighted by molar-refractivity contribution is 6.31. The zero-order valence-corrected chi connectivity index (χ0v) is 18.1. The molecule has 8 heteroatoms. The summed E-state index contributed by atoms with van der Waals surface area (Å²) >= 11 is 6.22. The molecule has 1 aromatic heterocycles. The molecule has 156 valence electrons. The predicted octanol–water partition coefficient (Wildman–Crippen LogP) is 3.69. The third-order valence-electron chi connectivity index (χ3n) is 4.93. The Bertz CT molecular complexity index is 884. The number of hydrogen-bond acceptors (Lipinski definition) is 4. The molecule has 0 N–H and O–H groups in total. The number of aryl methyl sites for hydroxylation is 1. The molecule has 0 spiro atoms. The fraction of sp³-hybridized carbons (Fsp3) is 0.476. The zero-order valence-electron chi connectivity index (χ0n) is 17.3. The van der Waals surface area contributed by atoms with Gasteiger partial charge in [-0.1, -0.05) is 25.4 Å². The molecule has 7 nitrogen and oxygen atoms in total. The van der Waals surface area contributed by atoms with E-state index < -0.39 is 0 Å². The standard InChI is InChI=1S/C21H27ClN4O3/c1-14(2)13-29-21(28)25-11-9-24(10-12-25)20(27)17-5-7-18(8-6-17)26-16(4)19(22)15(3)23-26/h5-8,14H,9-13H2,1-4H3. The number of piperazine rings is 1. The minimum absolute atomic E-state index is 0.0434. The summed E-state index contributed by atoms with van der Waals surface area (Å²) in [6.07, 6.45) is -0.307. The molecule has 0 aliphatic carbocycles. The first kappa shape index (κ1) is 21.2. The lowest BCUT2D eigenvalue weighted by atomic mass is 10.1. The molecule has 29 heavy (non-hydrogen) atoms. The van der Waals surface area contributed by atoms with Crippen molar-refractivity contribution in [3.63, 3.8) is 0 Å². The number of hydrogen-bond donors (Lipinski definition) is 0. The van der Waals surface area contributed by atoms with Crippen molar-refractivity contribution in [1.29, 1.82) is 0 Å². The van der Waals surface area contributed by atoms with Gasteiger partial charge in [-0.2, -0.15) is 5.10 Å². The van der Waals surface area contributed by atoms with Gasteiger partial charge in [-0.3, -0.25) is 4.79 Å². The summed E-state index contributed by atoms with van der Waals surface area (Å²) in [5, 5.41) is 5.08. The highest BCUT2D eigenvalue weighted by Gasteiger charge is 2.26. The van der Waals surface area contributed by atoms with Crippen molar-refractivity contribution in [2.45, 2.75) is 27.7 Å². The second kappa shape index (κ2) is 8.86. The first-order valence-corrected chi connectivity index (χ1v) is 10.2. The quantitative estimate of drug-likeness (QED) is 0.759. The van der Waals surface area contributed by atoms with Gasteiger partial charge in [-0.25, -0.2) is 9.48 Å². The van der Waals surface area contributed by atoms with Gasteiger partial charge in [-0.05, 0) is 44.0 Å². The molecule has 2 heterocycles. The van der Waals surface area contributed by atoms with Crippen LogP contribution in [0.4, 0.5) is 4.79 Å². The van der Waals surface area contributed by atoms with Crippen LogP contribution in [0.25, 0.3) is 5.69 Å². The Hall–Kier alpha value is -2.54. The number of halogens is 1. The highest BCUT2D eigenvalue weighted by atomic mass is 35.5. The fourth-order valence-corrected chi connectivity index (χ4v) is 3.34. The molecule has 1 saturated heterocycles. The van der Waals surface area contributed by atoms with E-state index in [1.807, 2.05) is 39.8 Å². The summed E-state index contributed by atoms with van der Waals surface area (Å²) in [4.78, 5) is 28.3. The number of amides is 2. The Balaban J connectivity index is 1.60. The monoisotopic (exact) mass is 418 g/mol. The normalized spacial score (nSPS) is 14.4. The second-order valence-corrected chi connectivity index (χ2v) is 8.07. The number of aromatic nitrogens is 2. The molecule has 1 aliphatic heterocycles. The molecule has 2 amide bonds. The van der Waals surface area contributed by atoms with E-state index >= 15 is 0 Å². The van der Waals surface area contributed by atoms with E-state index in [0.717, 1.165) is 17.1 Å². The van der Waals surface area contributed by atoms with E-state index in [2.05, 4.69) is 5.10 Å². The molecule has 1 aliphatic rings. The van der Waals surface area contributed by atoms with Crippen LogP contribution in [0.5, 0.6) is 0 Å². The third-order valence-corrected chi connectivity index (χ3v) is 5.47. The number of rotatable bonds is 4. The SMILES string of the molecule is Cc1nn(-c2ccc(C(=O)N3CCN(C(=O)OCC(C)C)CC3)cc2)c(C)c1Cl.